The molecule has 2 heterocycles. The average Bonchev–Trinajstić information content (AvgIpc) is 3.28. The van der Waals surface area contributed by atoms with Gasteiger partial charge in [0.2, 0.25) is 5.95 Å². The van der Waals surface area contributed by atoms with Gasteiger partial charge in [-0.1, -0.05) is 11.8 Å². The molecule has 29 heavy (non-hydrogen) atoms. The van der Waals surface area contributed by atoms with Crippen molar-refractivity contribution in [3.63, 3.8) is 0 Å². The van der Waals surface area contributed by atoms with E-state index in [4.69, 9.17) is 4.74 Å². The average molecular weight is 398 g/mol. The Morgan fingerprint density at radius 2 is 1.93 bits per heavy atom. The molecule has 1 aromatic carbocycles. The van der Waals surface area contributed by atoms with Crippen molar-refractivity contribution in [3.8, 4) is 11.8 Å². The number of methoxy groups -OCH3 is 1. The predicted molar refractivity (Wildman–Crippen MR) is 102 cm³/mol. The molecule has 2 atom stereocenters. The summed E-state index contributed by atoms with van der Waals surface area (Å²) in [5.41, 5.74) is 0.412. The van der Waals surface area contributed by atoms with Crippen molar-refractivity contribution < 1.29 is 18.3 Å². The van der Waals surface area contributed by atoms with E-state index in [-0.39, 0.29) is 23.7 Å². The number of urea groups is 1. The minimum Gasteiger partial charge on any atom is -0.383 e. The summed E-state index contributed by atoms with van der Waals surface area (Å²) in [6.45, 7) is 1.02. The molecule has 2 fully saturated rings. The van der Waals surface area contributed by atoms with Crippen molar-refractivity contribution in [3.05, 3.63) is 53.4 Å². The number of aromatic nitrogens is 2. The van der Waals surface area contributed by atoms with Gasteiger partial charge in [0.1, 0.15) is 11.6 Å². The van der Waals surface area contributed by atoms with Crippen LogP contribution in [0.25, 0.3) is 0 Å². The number of anilines is 1. The van der Waals surface area contributed by atoms with E-state index >= 15 is 0 Å². The summed E-state index contributed by atoms with van der Waals surface area (Å²) in [5.74, 6) is 4.49. The lowest BCUT2D eigenvalue weighted by Gasteiger charge is -2.21. The number of halogens is 2. The zero-order chi connectivity index (χ0) is 20.4. The van der Waals surface area contributed by atoms with Crippen LogP contribution in [0.2, 0.25) is 0 Å². The van der Waals surface area contributed by atoms with Crippen LogP contribution < -0.4 is 4.90 Å². The Balaban J connectivity index is 1.54. The fourth-order valence-corrected chi connectivity index (χ4v) is 3.94. The fraction of sp³-hybridized carbons (Fsp3) is 0.381. The molecule has 1 saturated carbocycles. The first-order chi connectivity index (χ1) is 14.1. The van der Waals surface area contributed by atoms with Crippen LogP contribution in [0.1, 0.15) is 30.4 Å². The molecular formula is C21H20F2N4O2. The van der Waals surface area contributed by atoms with Crippen LogP contribution in [-0.2, 0) is 4.74 Å². The third kappa shape index (κ3) is 3.78. The smallest absolute Gasteiger partial charge is 0.327 e. The summed E-state index contributed by atoms with van der Waals surface area (Å²) in [4.78, 5) is 25.0. The minimum absolute atomic E-state index is 0.0358. The zero-order valence-electron chi connectivity index (χ0n) is 15.9. The number of amides is 2. The largest absolute Gasteiger partial charge is 0.383 e. The number of ether oxygens (including phenoxy) is 1. The Labute approximate surface area is 167 Å². The molecule has 0 unspecified atom stereocenters. The van der Waals surface area contributed by atoms with Gasteiger partial charge in [-0.2, -0.15) is 0 Å². The van der Waals surface area contributed by atoms with Crippen molar-refractivity contribution >= 4 is 12.0 Å². The number of fused-ring (bicyclic) bond motifs is 1. The Bertz CT molecular complexity index is 971. The molecule has 2 aromatic rings. The summed E-state index contributed by atoms with van der Waals surface area (Å²) >= 11 is 0. The van der Waals surface area contributed by atoms with E-state index in [1.54, 1.807) is 12.0 Å². The van der Waals surface area contributed by atoms with E-state index in [9.17, 15) is 13.6 Å². The van der Waals surface area contributed by atoms with E-state index in [2.05, 4.69) is 21.8 Å². The van der Waals surface area contributed by atoms with Gasteiger partial charge in [0.15, 0.2) is 0 Å². The van der Waals surface area contributed by atoms with Gasteiger partial charge >= 0.3 is 6.03 Å². The second kappa shape index (κ2) is 8.13. The first-order valence-electron chi connectivity index (χ1n) is 9.46. The topological polar surface area (TPSA) is 58.6 Å². The molecule has 0 spiro atoms. The van der Waals surface area contributed by atoms with E-state index < -0.39 is 11.6 Å². The Morgan fingerprint density at radius 3 is 2.69 bits per heavy atom. The van der Waals surface area contributed by atoms with E-state index in [0.717, 1.165) is 37.5 Å². The monoisotopic (exact) mass is 398 g/mol. The van der Waals surface area contributed by atoms with Gasteiger partial charge in [0.25, 0.3) is 0 Å². The Kier molecular flexibility index (Phi) is 5.41. The fourth-order valence-electron chi connectivity index (χ4n) is 3.94. The molecule has 150 valence electrons. The Hall–Kier alpha value is -3.05. The second-order valence-corrected chi connectivity index (χ2v) is 7.05. The van der Waals surface area contributed by atoms with Crippen LogP contribution in [0.3, 0.4) is 0 Å². The summed E-state index contributed by atoms with van der Waals surface area (Å²) in [7, 11) is 1.61. The van der Waals surface area contributed by atoms with Crippen molar-refractivity contribution in [2.24, 2.45) is 0 Å². The maximum atomic E-state index is 13.7. The van der Waals surface area contributed by atoms with E-state index in [1.165, 1.54) is 12.4 Å². The highest BCUT2D eigenvalue weighted by atomic mass is 19.1. The van der Waals surface area contributed by atoms with Gasteiger partial charge in [-0.25, -0.2) is 23.5 Å². The molecule has 2 aliphatic rings. The normalized spacial score (nSPS) is 20.6. The number of hydrogen-bond acceptors (Lipinski definition) is 4. The molecule has 1 aliphatic heterocycles. The van der Waals surface area contributed by atoms with Crippen LogP contribution in [0.5, 0.6) is 0 Å². The third-order valence-electron chi connectivity index (χ3n) is 5.29. The molecular weight excluding hydrogens is 378 g/mol. The van der Waals surface area contributed by atoms with Crippen LogP contribution >= 0.6 is 0 Å². The van der Waals surface area contributed by atoms with Crippen LogP contribution in [0.15, 0.2) is 30.6 Å². The van der Waals surface area contributed by atoms with Gasteiger partial charge in [-0.3, -0.25) is 4.90 Å². The number of hydrogen-bond donors (Lipinski definition) is 0. The lowest BCUT2D eigenvalue weighted by molar-refractivity contribution is 0.146. The maximum Gasteiger partial charge on any atom is 0.327 e. The molecule has 0 bridgehead atoms. The summed E-state index contributed by atoms with van der Waals surface area (Å²) in [5, 5.41) is 0. The van der Waals surface area contributed by atoms with E-state index in [1.807, 2.05) is 4.90 Å². The van der Waals surface area contributed by atoms with Crippen LogP contribution in [0, 0.1) is 23.5 Å². The molecule has 0 N–H and O–H groups in total. The molecule has 4 rings (SSSR count). The molecule has 2 amide bonds. The number of rotatable bonds is 4. The maximum absolute atomic E-state index is 13.7. The van der Waals surface area contributed by atoms with Crippen molar-refractivity contribution in [2.45, 2.75) is 31.3 Å². The molecule has 6 nitrogen and oxygen atoms in total. The number of carbonyl (C=O) groups is 1. The van der Waals surface area contributed by atoms with Crippen LogP contribution in [-0.4, -0.2) is 53.2 Å². The van der Waals surface area contributed by atoms with Crippen molar-refractivity contribution in [1.29, 1.82) is 0 Å². The van der Waals surface area contributed by atoms with Gasteiger partial charge in [-0.05, 0) is 37.5 Å². The third-order valence-corrected chi connectivity index (χ3v) is 5.29. The quantitative estimate of drug-likeness (QED) is 0.743. The van der Waals surface area contributed by atoms with E-state index in [0.29, 0.717) is 24.7 Å². The van der Waals surface area contributed by atoms with Gasteiger partial charge < -0.3 is 9.64 Å². The minimum atomic E-state index is -0.595. The Morgan fingerprint density at radius 1 is 1.17 bits per heavy atom. The summed E-state index contributed by atoms with van der Waals surface area (Å²) in [6.07, 6.45) is 5.89. The first-order valence-corrected chi connectivity index (χ1v) is 9.46. The highest BCUT2D eigenvalue weighted by Gasteiger charge is 2.49. The highest BCUT2D eigenvalue weighted by molar-refractivity contribution is 5.94. The molecule has 8 heteroatoms. The number of carbonyl (C=O) groups excluding carboxylic acids is 1. The second-order valence-electron chi connectivity index (χ2n) is 7.05. The number of benzene rings is 1. The van der Waals surface area contributed by atoms with Crippen LogP contribution in [0.4, 0.5) is 19.5 Å². The highest BCUT2D eigenvalue weighted by Crippen LogP contribution is 2.37. The van der Waals surface area contributed by atoms with Gasteiger partial charge in [-0.15, -0.1) is 0 Å². The lowest BCUT2D eigenvalue weighted by atomic mass is 10.2. The SMILES string of the molecule is COCCN1C(=O)N(c2ncc(C#Cc3cc(F)ccc3F)cn2)[C@@H]2CCC[C@@H]21. The standard InChI is InChI=1S/C21H20F2N4O2/c1-29-10-9-26-18-3-2-4-19(18)27(21(26)28)20-24-12-14(13-25-20)5-6-15-11-16(22)7-8-17(15)23/h7-8,11-13,18-19H,2-4,9-10H2,1H3/t18-,19+/m0/s1. The summed E-state index contributed by atoms with van der Waals surface area (Å²) in [6, 6.07) is 3.20. The lowest BCUT2D eigenvalue weighted by Crippen LogP contribution is -2.37. The molecule has 0 radical (unpaired) electrons. The van der Waals surface area contributed by atoms with Gasteiger partial charge in [0, 0.05) is 26.0 Å². The number of nitrogens with zero attached hydrogens (tertiary/aromatic N) is 4. The van der Waals surface area contributed by atoms with Crippen molar-refractivity contribution in [1.82, 2.24) is 14.9 Å². The first kappa shape index (κ1) is 19.3. The summed E-state index contributed by atoms with van der Waals surface area (Å²) < 4.78 is 32.0. The van der Waals surface area contributed by atoms with Crippen molar-refractivity contribution in [2.75, 3.05) is 25.2 Å². The predicted octanol–water partition coefficient (Wildman–Crippen LogP) is 2.96. The zero-order valence-corrected chi connectivity index (χ0v) is 15.9. The molecule has 1 aliphatic carbocycles. The van der Waals surface area contributed by atoms with Gasteiger partial charge in [0.05, 0.1) is 29.8 Å². The molecule has 1 saturated heterocycles. The molecule has 1 aromatic heterocycles.